The SMILES string of the molecule is O=C(c1cc(Cl)ccn1)N1CCCc2ccccc21. The third kappa shape index (κ3) is 2.34. The number of fused-ring (bicyclic) bond motifs is 1. The number of anilines is 1. The van der Waals surface area contributed by atoms with Crippen molar-refractivity contribution in [3.8, 4) is 0 Å². The molecule has 0 atom stereocenters. The van der Waals surface area contributed by atoms with Gasteiger partial charge in [-0.15, -0.1) is 0 Å². The molecule has 2 heterocycles. The highest BCUT2D eigenvalue weighted by Gasteiger charge is 2.23. The molecule has 2 aromatic rings. The predicted octanol–water partition coefficient (Wildman–Crippen LogP) is 3.33. The van der Waals surface area contributed by atoms with E-state index < -0.39 is 0 Å². The van der Waals surface area contributed by atoms with Gasteiger partial charge in [-0.2, -0.15) is 0 Å². The summed E-state index contributed by atoms with van der Waals surface area (Å²) in [6.45, 7) is 0.726. The first-order valence-corrected chi connectivity index (χ1v) is 6.65. The number of aromatic nitrogens is 1. The molecule has 1 amide bonds. The Hall–Kier alpha value is -1.87. The van der Waals surface area contributed by atoms with Crippen molar-refractivity contribution in [1.82, 2.24) is 4.98 Å². The maximum absolute atomic E-state index is 12.5. The van der Waals surface area contributed by atoms with Crippen LogP contribution in [0.1, 0.15) is 22.5 Å². The van der Waals surface area contributed by atoms with E-state index >= 15 is 0 Å². The average molecular weight is 273 g/mol. The van der Waals surface area contributed by atoms with Crippen LogP contribution in [-0.4, -0.2) is 17.4 Å². The molecule has 1 aromatic heterocycles. The molecule has 1 aliphatic heterocycles. The molecule has 3 rings (SSSR count). The first-order valence-electron chi connectivity index (χ1n) is 6.27. The van der Waals surface area contributed by atoms with Gasteiger partial charge in [-0.3, -0.25) is 9.78 Å². The molecule has 96 valence electrons. The number of carbonyl (C=O) groups is 1. The van der Waals surface area contributed by atoms with Gasteiger partial charge in [0.25, 0.3) is 5.91 Å². The van der Waals surface area contributed by atoms with Crippen molar-refractivity contribution in [3.05, 3.63) is 58.9 Å². The highest BCUT2D eigenvalue weighted by Crippen LogP contribution is 2.28. The van der Waals surface area contributed by atoms with Gasteiger partial charge in [0.2, 0.25) is 0 Å². The van der Waals surface area contributed by atoms with E-state index in [0.29, 0.717) is 10.7 Å². The predicted molar refractivity (Wildman–Crippen MR) is 75.7 cm³/mol. The largest absolute Gasteiger partial charge is 0.307 e. The molecule has 1 aromatic carbocycles. The van der Waals surface area contributed by atoms with Gasteiger partial charge < -0.3 is 4.90 Å². The summed E-state index contributed by atoms with van der Waals surface area (Å²) < 4.78 is 0. The third-order valence-corrected chi connectivity index (χ3v) is 3.53. The fourth-order valence-electron chi connectivity index (χ4n) is 2.40. The highest BCUT2D eigenvalue weighted by molar-refractivity contribution is 6.31. The van der Waals surface area contributed by atoms with E-state index in [1.165, 1.54) is 5.56 Å². The van der Waals surface area contributed by atoms with E-state index in [2.05, 4.69) is 11.1 Å². The number of amides is 1. The van der Waals surface area contributed by atoms with E-state index in [0.717, 1.165) is 25.1 Å². The molecule has 4 heteroatoms. The van der Waals surface area contributed by atoms with E-state index in [1.54, 1.807) is 23.2 Å². The number of hydrogen-bond acceptors (Lipinski definition) is 2. The summed E-state index contributed by atoms with van der Waals surface area (Å²) in [5, 5.41) is 0.531. The van der Waals surface area contributed by atoms with Gasteiger partial charge in [0.05, 0.1) is 0 Å². The fourth-order valence-corrected chi connectivity index (χ4v) is 2.56. The van der Waals surface area contributed by atoms with Crippen molar-refractivity contribution in [3.63, 3.8) is 0 Å². The molecule has 0 fully saturated rings. The lowest BCUT2D eigenvalue weighted by atomic mass is 10.0. The van der Waals surface area contributed by atoms with Gasteiger partial charge in [0, 0.05) is 23.5 Å². The molecule has 0 saturated carbocycles. The van der Waals surface area contributed by atoms with Crippen LogP contribution in [0.2, 0.25) is 5.02 Å². The molecule has 1 aliphatic rings. The Morgan fingerprint density at radius 1 is 1.26 bits per heavy atom. The van der Waals surface area contributed by atoms with Crippen LogP contribution in [0.3, 0.4) is 0 Å². The Morgan fingerprint density at radius 3 is 2.95 bits per heavy atom. The van der Waals surface area contributed by atoms with E-state index in [4.69, 9.17) is 11.6 Å². The van der Waals surface area contributed by atoms with Crippen LogP contribution in [0.25, 0.3) is 0 Å². The molecule has 0 unspecified atom stereocenters. The summed E-state index contributed by atoms with van der Waals surface area (Å²) in [6, 6.07) is 11.3. The van der Waals surface area contributed by atoms with E-state index in [-0.39, 0.29) is 5.91 Å². The quantitative estimate of drug-likeness (QED) is 0.798. The normalized spacial score (nSPS) is 14.1. The van der Waals surface area contributed by atoms with E-state index in [9.17, 15) is 4.79 Å². The van der Waals surface area contributed by atoms with Crippen molar-refractivity contribution in [2.75, 3.05) is 11.4 Å². The van der Waals surface area contributed by atoms with Crippen LogP contribution in [0, 0.1) is 0 Å². The molecular formula is C15H13ClN2O. The van der Waals surface area contributed by atoms with Crippen LogP contribution in [0.5, 0.6) is 0 Å². The van der Waals surface area contributed by atoms with Gasteiger partial charge in [-0.25, -0.2) is 0 Å². The number of benzene rings is 1. The van der Waals surface area contributed by atoms with Crippen molar-refractivity contribution in [1.29, 1.82) is 0 Å². The second kappa shape index (κ2) is 5.02. The van der Waals surface area contributed by atoms with Crippen LogP contribution < -0.4 is 4.90 Å². The minimum Gasteiger partial charge on any atom is -0.307 e. The number of pyridine rings is 1. The molecular weight excluding hydrogens is 260 g/mol. The summed E-state index contributed by atoms with van der Waals surface area (Å²) in [7, 11) is 0. The van der Waals surface area contributed by atoms with Crippen molar-refractivity contribution in [2.45, 2.75) is 12.8 Å². The molecule has 19 heavy (non-hydrogen) atoms. The number of rotatable bonds is 1. The zero-order valence-corrected chi connectivity index (χ0v) is 11.1. The Labute approximate surface area is 116 Å². The third-order valence-electron chi connectivity index (χ3n) is 3.30. The summed E-state index contributed by atoms with van der Waals surface area (Å²) in [5.41, 5.74) is 2.59. The maximum atomic E-state index is 12.5. The van der Waals surface area contributed by atoms with Gasteiger partial charge in [-0.05, 0) is 36.6 Å². The maximum Gasteiger partial charge on any atom is 0.276 e. The lowest BCUT2D eigenvalue weighted by Crippen LogP contribution is -2.35. The molecule has 3 nitrogen and oxygen atoms in total. The monoisotopic (exact) mass is 272 g/mol. The molecule has 0 radical (unpaired) electrons. The van der Waals surface area contributed by atoms with Crippen LogP contribution in [0.15, 0.2) is 42.6 Å². The minimum atomic E-state index is -0.0883. The highest BCUT2D eigenvalue weighted by atomic mass is 35.5. The lowest BCUT2D eigenvalue weighted by Gasteiger charge is -2.29. The minimum absolute atomic E-state index is 0.0883. The topological polar surface area (TPSA) is 33.2 Å². The van der Waals surface area contributed by atoms with Crippen LogP contribution in [0.4, 0.5) is 5.69 Å². The number of carbonyl (C=O) groups excluding carboxylic acids is 1. The summed E-state index contributed by atoms with van der Waals surface area (Å²) >= 11 is 5.92. The molecule has 0 aliphatic carbocycles. The fraction of sp³-hybridized carbons (Fsp3) is 0.200. The van der Waals surface area contributed by atoms with Gasteiger partial charge in [0.1, 0.15) is 5.69 Å². The first-order chi connectivity index (χ1) is 9.25. The van der Waals surface area contributed by atoms with Crippen molar-refractivity contribution in [2.24, 2.45) is 0 Å². The van der Waals surface area contributed by atoms with E-state index in [1.807, 2.05) is 18.2 Å². The number of nitrogens with zero attached hydrogens (tertiary/aromatic N) is 2. The van der Waals surface area contributed by atoms with Crippen molar-refractivity contribution < 1.29 is 4.79 Å². The molecule has 0 N–H and O–H groups in total. The second-order valence-electron chi connectivity index (χ2n) is 4.55. The standard InChI is InChI=1S/C15H13ClN2O/c16-12-7-8-17-13(10-12)15(19)18-9-3-5-11-4-1-2-6-14(11)18/h1-2,4,6-8,10H,3,5,9H2. The molecule has 0 spiro atoms. The zero-order chi connectivity index (χ0) is 13.2. The molecule has 0 bridgehead atoms. The second-order valence-corrected chi connectivity index (χ2v) is 4.98. The van der Waals surface area contributed by atoms with Gasteiger partial charge in [-0.1, -0.05) is 29.8 Å². The number of aryl methyl sites for hydroxylation is 1. The molecule has 0 saturated heterocycles. The van der Waals surface area contributed by atoms with Gasteiger partial charge >= 0.3 is 0 Å². The Balaban J connectivity index is 1.98. The number of hydrogen-bond donors (Lipinski definition) is 0. The number of halogens is 1. The Kier molecular flexibility index (Phi) is 3.22. The summed E-state index contributed by atoms with van der Waals surface area (Å²) in [6.07, 6.45) is 3.55. The average Bonchev–Trinajstić information content (AvgIpc) is 2.46. The summed E-state index contributed by atoms with van der Waals surface area (Å²) in [4.78, 5) is 18.4. The lowest BCUT2D eigenvalue weighted by molar-refractivity contribution is 0.0980. The van der Waals surface area contributed by atoms with Crippen molar-refractivity contribution >= 4 is 23.2 Å². The first kappa shape index (κ1) is 12.2. The smallest absolute Gasteiger partial charge is 0.276 e. The summed E-state index contributed by atoms with van der Waals surface area (Å²) in [5.74, 6) is -0.0883. The van der Waals surface area contributed by atoms with Crippen LogP contribution >= 0.6 is 11.6 Å². The van der Waals surface area contributed by atoms with Crippen LogP contribution in [-0.2, 0) is 6.42 Å². The number of para-hydroxylation sites is 1. The zero-order valence-electron chi connectivity index (χ0n) is 10.3. The Morgan fingerprint density at radius 2 is 2.11 bits per heavy atom. The Bertz CT molecular complexity index is 627. The van der Waals surface area contributed by atoms with Gasteiger partial charge in [0.15, 0.2) is 0 Å².